The first-order valence-corrected chi connectivity index (χ1v) is 12.3. The molecule has 3 heterocycles. The van der Waals surface area contributed by atoms with Gasteiger partial charge in [0.05, 0.1) is 16.4 Å². The minimum absolute atomic E-state index is 0.381. The average Bonchev–Trinajstić information content (AvgIpc) is 3.23. The lowest BCUT2D eigenvalue weighted by atomic mass is 10.1. The van der Waals surface area contributed by atoms with E-state index < -0.39 is 11.7 Å². The molecule has 2 N–H and O–H groups in total. The van der Waals surface area contributed by atoms with Gasteiger partial charge in [-0.25, -0.2) is 4.79 Å². The molecule has 4 rings (SSSR count). The minimum atomic E-state index is -0.544. The zero-order valence-electron chi connectivity index (χ0n) is 20.7. The maximum absolute atomic E-state index is 11.9. The fourth-order valence-electron chi connectivity index (χ4n) is 3.37. The molecule has 0 atom stereocenters. The summed E-state index contributed by atoms with van der Waals surface area (Å²) < 4.78 is 7.70. The Morgan fingerprint density at radius 1 is 1.14 bits per heavy atom. The van der Waals surface area contributed by atoms with Gasteiger partial charge in [-0.2, -0.15) is 19.6 Å². The summed E-state index contributed by atoms with van der Waals surface area (Å²) in [5.41, 5.74) is 3.18. The molecule has 0 fully saturated rings. The molecule has 188 valence electrons. The van der Waals surface area contributed by atoms with Crippen LogP contribution >= 0.6 is 15.9 Å². The first-order valence-electron chi connectivity index (χ1n) is 11.5. The first-order chi connectivity index (χ1) is 17.2. The van der Waals surface area contributed by atoms with Crippen LogP contribution in [0.3, 0.4) is 0 Å². The fraction of sp³-hybridized carbons (Fsp3) is 0.320. The first kappa shape index (κ1) is 25.4. The van der Waals surface area contributed by atoms with Gasteiger partial charge >= 0.3 is 6.09 Å². The molecule has 0 bridgehead atoms. The number of ether oxygens (including phenoxy) is 1. The summed E-state index contributed by atoms with van der Waals surface area (Å²) in [4.78, 5) is 27.5. The smallest absolute Gasteiger partial charge is 0.407 e. The number of hydrogen-bond acceptors (Lipinski definition) is 8. The number of carbonyl (C=O) groups excluding carboxylic acids is 1. The van der Waals surface area contributed by atoms with Gasteiger partial charge in [-0.15, -0.1) is 0 Å². The third-order valence-electron chi connectivity index (χ3n) is 5.14. The van der Waals surface area contributed by atoms with Crippen molar-refractivity contribution in [3.63, 3.8) is 0 Å². The number of likely N-dealkylation sites (N-methyl/N-ethyl adjacent to an activating group) is 1. The summed E-state index contributed by atoms with van der Waals surface area (Å²) in [6.07, 6.45) is 3.02. The number of rotatable bonds is 8. The third-order valence-corrected chi connectivity index (χ3v) is 5.69. The van der Waals surface area contributed by atoms with E-state index in [0.717, 1.165) is 21.3 Å². The van der Waals surface area contributed by atoms with E-state index in [4.69, 9.17) is 4.74 Å². The summed E-state index contributed by atoms with van der Waals surface area (Å²) in [5.74, 6) is 1.06. The van der Waals surface area contributed by atoms with Crippen LogP contribution in [0.1, 0.15) is 26.3 Å². The predicted octanol–water partition coefficient (Wildman–Crippen LogP) is 4.52. The molecule has 0 saturated carbocycles. The molecule has 4 aromatic rings. The lowest BCUT2D eigenvalue weighted by Gasteiger charge is -2.21. The van der Waals surface area contributed by atoms with Crippen molar-refractivity contribution in [1.29, 1.82) is 0 Å². The average molecular weight is 553 g/mol. The standard InChI is InChI=1S/C25H29BrN8O2/c1-25(2,3)36-24(35)28-13-14-33(4)23-31-21-19(26)16-30-34(21)22(32-23)29-15-17-8-10-18(11-9-17)20-7-5-6-12-27-20/h5-12,16H,13-15H2,1-4H3,(H,28,35)(H,29,31,32). The second kappa shape index (κ2) is 10.9. The van der Waals surface area contributed by atoms with Gasteiger partial charge in [0.25, 0.3) is 0 Å². The maximum atomic E-state index is 11.9. The van der Waals surface area contributed by atoms with E-state index in [0.29, 0.717) is 37.2 Å². The van der Waals surface area contributed by atoms with Gasteiger partial charge in [0.2, 0.25) is 11.9 Å². The second-order valence-corrected chi connectivity index (χ2v) is 10.0. The van der Waals surface area contributed by atoms with Crippen LogP contribution in [0.5, 0.6) is 0 Å². The quantitative estimate of drug-likeness (QED) is 0.328. The monoisotopic (exact) mass is 552 g/mol. The SMILES string of the molecule is CN(CCNC(=O)OC(C)(C)C)c1nc(NCc2ccc(-c3ccccn3)cc2)n2ncc(Br)c2n1. The molecule has 0 radical (unpaired) electrons. The van der Waals surface area contributed by atoms with Crippen molar-refractivity contribution in [2.24, 2.45) is 0 Å². The number of nitrogens with zero attached hydrogens (tertiary/aromatic N) is 6. The Labute approximate surface area is 218 Å². The van der Waals surface area contributed by atoms with Crippen LogP contribution in [-0.2, 0) is 11.3 Å². The van der Waals surface area contributed by atoms with Crippen molar-refractivity contribution < 1.29 is 9.53 Å². The molecule has 36 heavy (non-hydrogen) atoms. The van der Waals surface area contributed by atoms with Gasteiger partial charge in [-0.05, 0) is 54.4 Å². The number of hydrogen-bond donors (Lipinski definition) is 2. The second-order valence-electron chi connectivity index (χ2n) is 9.19. The lowest BCUT2D eigenvalue weighted by molar-refractivity contribution is 0.0529. The van der Waals surface area contributed by atoms with Crippen molar-refractivity contribution in [3.05, 3.63) is 64.9 Å². The van der Waals surface area contributed by atoms with Crippen LogP contribution < -0.4 is 15.5 Å². The van der Waals surface area contributed by atoms with Crippen molar-refractivity contribution >= 4 is 39.6 Å². The molecule has 0 unspecified atom stereocenters. The van der Waals surface area contributed by atoms with E-state index in [-0.39, 0.29) is 0 Å². The van der Waals surface area contributed by atoms with E-state index in [1.54, 1.807) is 16.9 Å². The van der Waals surface area contributed by atoms with E-state index in [9.17, 15) is 4.79 Å². The molecule has 0 spiro atoms. The van der Waals surface area contributed by atoms with Gasteiger partial charge in [0.1, 0.15) is 5.60 Å². The topological polar surface area (TPSA) is 110 Å². The summed E-state index contributed by atoms with van der Waals surface area (Å²) in [7, 11) is 1.87. The molecule has 10 nitrogen and oxygen atoms in total. The Kier molecular flexibility index (Phi) is 7.68. The maximum Gasteiger partial charge on any atom is 0.407 e. The number of nitrogens with one attached hydrogen (secondary N) is 2. The van der Waals surface area contributed by atoms with Gasteiger partial charge in [0, 0.05) is 38.4 Å². The number of benzene rings is 1. The Balaban J connectivity index is 1.44. The predicted molar refractivity (Wildman–Crippen MR) is 143 cm³/mol. The molecule has 1 amide bonds. The van der Waals surface area contributed by atoms with Crippen LogP contribution in [0.4, 0.5) is 16.7 Å². The van der Waals surface area contributed by atoms with E-state index >= 15 is 0 Å². The molecule has 0 saturated heterocycles. The molecule has 3 aromatic heterocycles. The van der Waals surface area contributed by atoms with Crippen LogP contribution in [0.2, 0.25) is 0 Å². The highest BCUT2D eigenvalue weighted by Crippen LogP contribution is 2.22. The van der Waals surface area contributed by atoms with Crippen LogP contribution in [-0.4, -0.2) is 56.4 Å². The molecule has 11 heteroatoms. The van der Waals surface area contributed by atoms with Crippen LogP contribution in [0.25, 0.3) is 16.9 Å². The number of pyridine rings is 1. The Morgan fingerprint density at radius 2 is 1.92 bits per heavy atom. The minimum Gasteiger partial charge on any atom is -0.444 e. The Morgan fingerprint density at radius 3 is 2.61 bits per heavy atom. The normalized spacial score (nSPS) is 11.4. The molecular weight excluding hydrogens is 524 g/mol. The van der Waals surface area contributed by atoms with Gasteiger partial charge in [-0.3, -0.25) is 4.98 Å². The Hall–Kier alpha value is -3.73. The number of halogens is 1. The third kappa shape index (κ3) is 6.48. The van der Waals surface area contributed by atoms with Gasteiger partial charge in [-0.1, -0.05) is 30.3 Å². The van der Waals surface area contributed by atoms with Gasteiger partial charge in [0.15, 0.2) is 5.65 Å². The number of fused-ring (bicyclic) bond motifs is 1. The number of alkyl carbamates (subject to hydrolysis) is 1. The summed E-state index contributed by atoms with van der Waals surface area (Å²) in [5, 5.41) is 10.5. The Bertz CT molecular complexity index is 1320. The largest absolute Gasteiger partial charge is 0.444 e. The summed E-state index contributed by atoms with van der Waals surface area (Å²) in [6.45, 7) is 6.91. The van der Waals surface area contributed by atoms with Crippen LogP contribution in [0, 0.1) is 0 Å². The molecular formula is C25H29BrN8O2. The summed E-state index contributed by atoms with van der Waals surface area (Å²) in [6, 6.07) is 14.1. The zero-order valence-corrected chi connectivity index (χ0v) is 22.3. The van der Waals surface area contributed by atoms with Crippen molar-refractivity contribution in [1.82, 2.24) is 29.9 Å². The fourth-order valence-corrected chi connectivity index (χ4v) is 3.72. The highest BCUT2D eigenvalue weighted by molar-refractivity contribution is 9.10. The van der Waals surface area contributed by atoms with E-state index in [1.165, 1.54) is 0 Å². The molecule has 0 aliphatic carbocycles. The molecule has 1 aromatic carbocycles. The van der Waals surface area contributed by atoms with E-state index in [1.807, 2.05) is 50.9 Å². The number of aromatic nitrogens is 5. The number of carbonyl (C=O) groups is 1. The van der Waals surface area contributed by atoms with Crippen molar-refractivity contribution in [3.8, 4) is 11.3 Å². The van der Waals surface area contributed by atoms with Gasteiger partial charge < -0.3 is 20.3 Å². The zero-order chi connectivity index (χ0) is 25.7. The van der Waals surface area contributed by atoms with E-state index in [2.05, 4.69) is 70.9 Å². The summed E-state index contributed by atoms with van der Waals surface area (Å²) >= 11 is 3.51. The number of anilines is 2. The van der Waals surface area contributed by atoms with Crippen molar-refractivity contribution in [2.75, 3.05) is 30.4 Å². The van der Waals surface area contributed by atoms with Crippen LogP contribution in [0.15, 0.2) is 59.3 Å². The highest BCUT2D eigenvalue weighted by atomic mass is 79.9. The molecule has 0 aliphatic heterocycles. The lowest BCUT2D eigenvalue weighted by Crippen LogP contribution is -2.37. The van der Waals surface area contributed by atoms with Crippen molar-refractivity contribution in [2.45, 2.75) is 32.9 Å². The molecule has 0 aliphatic rings. The number of amides is 1. The highest BCUT2D eigenvalue weighted by Gasteiger charge is 2.17.